The van der Waals surface area contributed by atoms with Crippen LogP contribution in [0.4, 0.5) is 5.69 Å². The molecule has 0 aliphatic rings. The van der Waals surface area contributed by atoms with Crippen molar-refractivity contribution in [2.45, 2.75) is 33.3 Å². The summed E-state index contributed by atoms with van der Waals surface area (Å²) < 4.78 is 6.83. The third kappa shape index (κ3) is 4.34. The van der Waals surface area contributed by atoms with E-state index in [4.69, 9.17) is 4.74 Å². The number of halogens is 1. The minimum Gasteiger partial charge on any atom is -0.481 e. The average Bonchev–Trinajstić information content (AvgIpc) is 2.48. The minimum atomic E-state index is -0.509. The standard InChI is InChI=1S/C18H20BrNO2/c1-4-17(22-15-7-5-6-12(2)10-15)18(21)20-14-8-9-16(19)13(3)11-14/h5-11,17H,4H2,1-3H3,(H,20,21)/t17-/m0/s1. The van der Waals surface area contributed by atoms with E-state index >= 15 is 0 Å². The molecule has 0 unspecified atom stereocenters. The highest BCUT2D eigenvalue weighted by atomic mass is 79.9. The Morgan fingerprint density at radius 3 is 2.64 bits per heavy atom. The van der Waals surface area contributed by atoms with Gasteiger partial charge in [-0.3, -0.25) is 4.79 Å². The Balaban J connectivity index is 2.06. The van der Waals surface area contributed by atoms with Gasteiger partial charge in [0.2, 0.25) is 0 Å². The van der Waals surface area contributed by atoms with Crippen molar-refractivity contribution in [3.05, 3.63) is 58.1 Å². The number of amides is 1. The molecule has 1 amide bonds. The molecule has 3 nitrogen and oxygen atoms in total. The van der Waals surface area contributed by atoms with Gasteiger partial charge in [-0.2, -0.15) is 0 Å². The fourth-order valence-corrected chi connectivity index (χ4v) is 2.37. The smallest absolute Gasteiger partial charge is 0.265 e. The van der Waals surface area contributed by atoms with Crippen LogP contribution in [0.1, 0.15) is 24.5 Å². The quantitative estimate of drug-likeness (QED) is 0.825. The van der Waals surface area contributed by atoms with Gasteiger partial charge >= 0.3 is 0 Å². The van der Waals surface area contributed by atoms with E-state index in [0.717, 1.165) is 21.3 Å². The number of hydrogen-bond donors (Lipinski definition) is 1. The first kappa shape index (κ1) is 16.6. The van der Waals surface area contributed by atoms with Crippen LogP contribution in [0, 0.1) is 13.8 Å². The first-order valence-corrected chi connectivity index (χ1v) is 8.09. The Morgan fingerprint density at radius 1 is 1.23 bits per heavy atom. The molecule has 2 aromatic carbocycles. The second kappa shape index (κ2) is 7.45. The van der Waals surface area contributed by atoms with E-state index in [9.17, 15) is 4.79 Å². The molecule has 0 radical (unpaired) electrons. The number of ether oxygens (including phenoxy) is 1. The summed E-state index contributed by atoms with van der Waals surface area (Å²) in [6, 6.07) is 13.4. The Kier molecular flexibility index (Phi) is 5.61. The lowest BCUT2D eigenvalue weighted by atomic mass is 10.2. The zero-order chi connectivity index (χ0) is 16.1. The number of carbonyl (C=O) groups excluding carboxylic acids is 1. The predicted octanol–water partition coefficient (Wildman–Crippen LogP) is 4.86. The van der Waals surface area contributed by atoms with Crippen molar-refractivity contribution in [3.63, 3.8) is 0 Å². The van der Waals surface area contributed by atoms with Crippen molar-refractivity contribution in [3.8, 4) is 5.75 Å². The van der Waals surface area contributed by atoms with Crippen LogP contribution in [0.2, 0.25) is 0 Å². The maximum atomic E-state index is 12.4. The molecular weight excluding hydrogens is 342 g/mol. The van der Waals surface area contributed by atoms with Crippen molar-refractivity contribution in [1.29, 1.82) is 0 Å². The Labute approximate surface area is 139 Å². The van der Waals surface area contributed by atoms with Gasteiger partial charge in [0.1, 0.15) is 5.75 Å². The van der Waals surface area contributed by atoms with Gasteiger partial charge in [-0.1, -0.05) is 35.0 Å². The number of carbonyl (C=O) groups is 1. The van der Waals surface area contributed by atoms with Crippen molar-refractivity contribution in [1.82, 2.24) is 0 Å². The van der Waals surface area contributed by atoms with Crippen LogP contribution in [0.5, 0.6) is 5.75 Å². The molecule has 0 saturated heterocycles. The van der Waals surface area contributed by atoms with Gasteiger partial charge < -0.3 is 10.1 Å². The summed E-state index contributed by atoms with van der Waals surface area (Å²) >= 11 is 3.45. The van der Waals surface area contributed by atoms with Gasteiger partial charge in [-0.15, -0.1) is 0 Å². The number of benzene rings is 2. The van der Waals surface area contributed by atoms with Crippen LogP contribution in [0.3, 0.4) is 0 Å². The molecule has 0 aliphatic heterocycles. The highest BCUT2D eigenvalue weighted by molar-refractivity contribution is 9.10. The van der Waals surface area contributed by atoms with Gasteiger partial charge in [0.05, 0.1) is 0 Å². The zero-order valence-corrected chi connectivity index (χ0v) is 14.6. The molecule has 0 aromatic heterocycles. The van der Waals surface area contributed by atoms with E-state index in [1.165, 1.54) is 0 Å². The minimum absolute atomic E-state index is 0.134. The third-order valence-corrected chi connectivity index (χ3v) is 4.25. The molecule has 2 aromatic rings. The molecule has 116 valence electrons. The van der Waals surface area contributed by atoms with Crippen LogP contribution in [0.15, 0.2) is 46.9 Å². The van der Waals surface area contributed by atoms with Crippen LogP contribution in [-0.2, 0) is 4.79 Å². The molecule has 0 aliphatic carbocycles. The number of anilines is 1. The van der Waals surface area contributed by atoms with E-state index in [1.54, 1.807) is 0 Å². The number of hydrogen-bond acceptors (Lipinski definition) is 2. The molecule has 2 rings (SSSR count). The lowest BCUT2D eigenvalue weighted by Gasteiger charge is -2.18. The van der Waals surface area contributed by atoms with E-state index in [0.29, 0.717) is 12.2 Å². The second-order valence-corrected chi connectivity index (χ2v) is 6.14. The van der Waals surface area contributed by atoms with E-state index in [-0.39, 0.29) is 5.91 Å². The third-order valence-electron chi connectivity index (χ3n) is 3.36. The lowest BCUT2D eigenvalue weighted by molar-refractivity contribution is -0.122. The second-order valence-electron chi connectivity index (χ2n) is 5.28. The zero-order valence-electron chi connectivity index (χ0n) is 13.0. The number of nitrogens with one attached hydrogen (secondary N) is 1. The average molecular weight is 362 g/mol. The summed E-state index contributed by atoms with van der Waals surface area (Å²) in [5.41, 5.74) is 2.96. The largest absolute Gasteiger partial charge is 0.481 e. The molecule has 22 heavy (non-hydrogen) atoms. The first-order chi connectivity index (χ1) is 10.5. The fourth-order valence-electron chi connectivity index (χ4n) is 2.12. The molecule has 1 atom stereocenters. The van der Waals surface area contributed by atoms with Gasteiger partial charge in [0.15, 0.2) is 6.10 Å². The monoisotopic (exact) mass is 361 g/mol. The Morgan fingerprint density at radius 2 is 2.00 bits per heavy atom. The molecule has 4 heteroatoms. The summed E-state index contributed by atoms with van der Waals surface area (Å²) in [5, 5.41) is 2.91. The summed E-state index contributed by atoms with van der Waals surface area (Å²) in [5.74, 6) is 0.583. The molecule has 0 heterocycles. The van der Waals surface area contributed by atoms with E-state index in [1.807, 2.05) is 63.2 Å². The molecule has 0 saturated carbocycles. The van der Waals surface area contributed by atoms with Gasteiger partial charge in [-0.25, -0.2) is 0 Å². The van der Waals surface area contributed by atoms with Gasteiger partial charge in [-0.05, 0) is 61.7 Å². The number of rotatable bonds is 5. The van der Waals surface area contributed by atoms with Crippen LogP contribution in [-0.4, -0.2) is 12.0 Å². The van der Waals surface area contributed by atoms with Crippen molar-refractivity contribution >= 4 is 27.5 Å². The highest BCUT2D eigenvalue weighted by Crippen LogP contribution is 2.21. The van der Waals surface area contributed by atoms with Crippen molar-refractivity contribution < 1.29 is 9.53 Å². The van der Waals surface area contributed by atoms with Gasteiger partial charge in [0, 0.05) is 10.2 Å². The maximum absolute atomic E-state index is 12.4. The SMILES string of the molecule is CC[C@H](Oc1cccc(C)c1)C(=O)Nc1ccc(Br)c(C)c1. The van der Waals surface area contributed by atoms with Crippen molar-refractivity contribution in [2.75, 3.05) is 5.32 Å². The molecular formula is C18H20BrNO2. The van der Waals surface area contributed by atoms with Crippen LogP contribution in [0.25, 0.3) is 0 Å². The number of aryl methyl sites for hydroxylation is 2. The highest BCUT2D eigenvalue weighted by Gasteiger charge is 2.18. The Bertz CT molecular complexity index is 670. The molecule has 0 bridgehead atoms. The lowest BCUT2D eigenvalue weighted by Crippen LogP contribution is -2.32. The van der Waals surface area contributed by atoms with E-state index < -0.39 is 6.10 Å². The first-order valence-electron chi connectivity index (χ1n) is 7.30. The van der Waals surface area contributed by atoms with Crippen LogP contribution < -0.4 is 10.1 Å². The van der Waals surface area contributed by atoms with Gasteiger partial charge in [0.25, 0.3) is 5.91 Å². The van der Waals surface area contributed by atoms with Crippen molar-refractivity contribution in [2.24, 2.45) is 0 Å². The summed E-state index contributed by atoms with van der Waals surface area (Å²) in [4.78, 5) is 12.4. The Hall–Kier alpha value is -1.81. The van der Waals surface area contributed by atoms with E-state index in [2.05, 4.69) is 21.2 Å². The summed E-state index contributed by atoms with van der Waals surface area (Å²) in [6.07, 6.45) is 0.0979. The molecule has 1 N–H and O–H groups in total. The van der Waals surface area contributed by atoms with Crippen LogP contribution >= 0.6 is 15.9 Å². The predicted molar refractivity (Wildman–Crippen MR) is 93.4 cm³/mol. The fraction of sp³-hybridized carbons (Fsp3) is 0.278. The topological polar surface area (TPSA) is 38.3 Å². The summed E-state index contributed by atoms with van der Waals surface area (Å²) in [6.45, 7) is 5.92. The normalized spacial score (nSPS) is 11.8. The summed E-state index contributed by atoms with van der Waals surface area (Å²) in [7, 11) is 0. The molecule has 0 spiro atoms. The molecule has 0 fully saturated rings. The maximum Gasteiger partial charge on any atom is 0.265 e.